The molecule has 0 bridgehead atoms. The first-order valence-corrected chi connectivity index (χ1v) is 7.26. The maximum absolute atomic E-state index is 12.0. The Labute approximate surface area is 110 Å². The lowest BCUT2D eigenvalue weighted by Crippen LogP contribution is -2.58. The van der Waals surface area contributed by atoms with E-state index < -0.39 is 0 Å². The molecule has 1 unspecified atom stereocenters. The highest BCUT2D eigenvalue weighted by atomic mass is 16.2. The zero-order valence-electron chi connectivity index (χ0n) is 11.5. The Kier molecular flexibility index (Phi) is 5.41. The van der Waals surface area contributed by atoms with Gasteiger partial charge in [-0.2, -0.15) is 0 Å². The minimum atomic E-state index is 0.0151. The fourth-order valence-corrected chi connectivity index (χ4v) is 2.84. The third-order valence-corrected chi connectivity index (χ3v) is 3.91. The van der Waals surface area contributed by atoms with E-state index in [9.17, 15) is 4.79 Å². The molecule has 0 saturated carbocycles. The molecule has 2 rings (SSSR count). The van der Waals surface area contributed by atoms with Crippen molar-refractivity contribution < 1.29 is 4.79 Å². The molecule has 0 radical (unpaired) electrons. The van der Waals surface area contributed by atoms with Crippen molar-refractivity contribution >= 4 is 5.91 Å². The van der Waals surface area contributed by atoms with Gasteiger partial charge in [-0.25, -0.2) is 0 Å². The van der Waals surface area contributed by atoms with Crippen LogP contribution in [0.5, 0.6) is 0 Å². The predicted octanol–water partition coefficient (Wildman–Crippen LogP) is -0.508. The number of carbonyl (C=O) groups is 1. The molecule has 2 N–H and O–H groups in total. The molecule has 1 amide bonds. The van der Waals surface area contributed by atoms with Crippen LogP contribution >= 0.6 is 0 Å². The fourth-order valence-electron chi connectivity index (χ4n) is 2.84. The smallest absolute Gasteiger partial charge is 0.238 e. The van der Waals surface area contributed by atoms with Crippen molar-refractivity contribution in [1.29, 1.82) is 0 Å². The predicted molar refractivity (Wildman–Crippen MR) is 72.6 cm³/mol. The van der Waals surface area contributed by atoms with Gasteiger partial charge in [-0.1, -0.05) is 0 Å². The summed E-state index contributed by atoms with van der Waals surface area (Å²) in [5.41, 5.74) is 0. The molecule has 0 spiro atoms. The summed E-state index contributed by atoms with van der Waals surface area (Å²) >= 11 is 0. The van der Waals surface area contributed by atoms with Gasteiger partial charge in [0.1, 0.15) is 6.04 Å². The molecule has 0 aromatic rings. The van der Waals surface area contributed by atoms with E-state index in [1.165, 1.54) is 25.9 Å². The topological polar surface area (TPSA) is 47.6 Å². The summed E-state index contributed by atoms with van der Waals surface area (Å²) in [7, 11) is 0. The third-order valence-electron chi connectivity index (χ3n) is 3.91. The van der Waals surface area contributed by atoms with Gasteiger partial charge in [0.2, 0.25) is 5.91 Å². The van der Waals surface area contributed by atoms with E-state index in [4.69, 9.17) is 0 Å². The summed E-state index contributed by atoms with van der Waals surface area (Å²) < 4.78 is 0. The van der Waals surface area contributed by atoms with Crippen LogP contribution in [0.2, 0.25) is 0 Å². The molecular weight excluding hydrogens is 228 g/mol. The first kappa shape index (κ1) is 13.8. The van der Waals surface area contributed by atoms with E-state index in [0.717, 1.165) is 39.3 Å². The summed E-state index contributed by atoms with van der Waals surface area (Å²) in [4.78, 5) is 16.8. The zero-order chi connectivity index (χ0) is 12.8. The fraction of sp³-hybridized carbons (Fsp3) is 0.923. The van der Waals surface area contributed by atoms with Gasteiger partial charge in [-0.05, 0) is 32.9 Å². The molecule has 2 saturated heterocycles. The van der Waals surface area contributed by atoms with E-state index in [1.807, 2.05) is 6.92 Å². The van der Waals surface area contributed by atoms with Crippen LogP contribution in [0.3, 0.4) is 0 Å². The van der Waals surface area contributed by atoms with Gasteiger partial charge in [0.15, 0.2) is 0 Å². The van der Waals surface area contributed by atoms with Gasteiger partial charge >= 0.3 is 0 Å². The average Bonchev–Trinajstić information content (AvgIpc) is 2.90. The highest BCUT2D eigenvalue weighted by Gasteiger charge is 2.28. The molecule has 2 fully saturated rings. The molecule has 0 aromatic heterocycles. The number of nitrogens with zero attached hydrogens (tertiary/aromatic N) is 2. The van der Waals surface area contributed by atoms with Gasteiger partial charge < -0.3 is 15.5 Å². The van der Waals surface area contributed by atoms with Gasteiger partial charge in [-0.15, -0.1) is 0 Å². The van der Waals surface area contributed by atoms with Crippen LogP contribution in [-0.2, 0) is 4.79 Å². The molecule has 104 valence electrons. The quantitative estimate of drug-likeness (QED) is 0.694. The minimum absolute atomic E-state index is 0.0151. The molecule has 1 atom stereocenters. The Morgan fingerprint density at radius 3 is 2.78 bits per heavy atom. The highest BCUT2D eigenvalue weighted by Crippen LogP contribution is 2.09. The second kappa shape index (κ2) is 7.07. The first-order valence-electron chi connectivity index (χ1n) is 7.26. The lowest BCUT2D eigenvalue weighted by molar-refractivity contribution is -0.127. The van der Waals surface area contributed by atoms with Crippen molar-refractivity contribution in [2.24, 2.45) is 0 Å². The minimum Gasteiger partial charge on any atom is -0.355 e. The van der Waals surface area contributed by atoms with E-state index in [-0.39, 0.29) is 11.9 Å². The Balaban J connectivity index is 1.80. The van der Waals surface area contributed by atoms with Crippen molar-refractivity contribution in [3.05, 3.63) is 0 Å². The zero-order valence-corrected chi connectivity index (χ0v) is 11.5. The van der Waals surface area contributed by atoms with Gasteiger partial charge in [0.25, 0.3) is 0 Å². The van der Waals surface area contributed by atoms with E-state index in [2.05, 4.69) is 20.4 Å². The maximum atomic E-state index is 12.0. The van der Waals surface area contributed by atoms with Crippen LogP contribution in [0.25, 0.3) is 0 Å². The Hall–Kier alpha value is -0.650. The summed E-state index contributed by atoms with van der Waals surface area (Å²) in [6, 6.07) is 0.0151. The monoisotopic (exact) mass is 254 g/mol. The molecule has 2 aliphatic rings. The summed E-state index contributed by atoms with van der Waals surface area (Å²) in [5.74, 6) is 0.172. The molecule has 0 aliphatic carbocycles. The highest BCUT2D eigenvalue weighted by molar-refractivity contribution is 5.82. The van der Waals surface area contributed by atoms with Crippen LogP contribution in [0.1, 0.15) is 19.8 Å². The second-order valence-corrected chi connectivity index (χ2v) is 5.20. The lowest BCUT2D eigenvalue weighted by atomic mass is 10.1. The molecule has 5 nitrogen and oxygen atoms in total. The average molecular weight is 254 g/mol. The normalized spacial score (nSPS) is 26.4. The second-order valence-electron chi connectivity index (χ2n) is 5.20. The number of amides is 1. The number of rotatable bonds is 5. The molecular formula is C13H26N4O. The molecule has 5 heteroatoms. The van der Waals surface area contributed by atoms with Gasteiger partial charge in [-0.3, -0.25) is 9.69 Å². The van der Waals surface area contributed by atoms with Crippen LogP contribution in [-0.4, -0.2) is 74.1 Å². The van der Waals surface area contributed by atoms with Crippen molar-refractivity contribution in [2.75, 3.05) is 52.4 Å². The number of likely N-dealkylation sites (tertiary alicyclic amines) is 1. The van der Waals surface area contributed by atoms with E-state index >= 15 is 0 Å². The number of hydrogen-bond acceptors (Lipinski definition) is 4. The summed E-state index contributed by atoms with van der Waals surface area (Å²) in [6.45, 7) is 10.0. The molecule has 2 aliphatic heterocycles. The number of piperazine rings is 1. The van der Waals surface area contributed by atoms with Crippen molar-refractivity contribution in [3.8, 4) is 0 Å². The molecule has 0 aromatic carbocycles. The number of carbonyl (C=O) groups excluding carboxylic acids is 1. The summed E-state index contributed by atoms with van der Waals surface area (Å²) in [5, 5.41) is 6.25. The number of nitrogens with one attached hydrogen (secondary N) is 2. The van der Waals surface area contributed by atoms with Crippen LogP contribution in [0, 0.1) is 0 Å². The first-order chi connectivity index (χ1) is 8.81. The summed E-state index contributed by atoms with van der Waals surface area (Å²) in [6.07, 6.45) is 2.67. The largest absolute Gasteiger partial charge is 0.355 e. The van der Waals surface area contributed by atoms with Crippen LogP contribution < -0.4 is 10.6 Å². The Morgan fingerprint density at radius 2 is 2.06 bits per heavy atom. The number of hydrogen-bond donors (Lipinski definition) is 2. The van der Waals surface area contributed by atoms with E-state index in [0.29, 0.717) is 0 Å². The van der Waals surface area contributed by atoms with Crippen molar-refractivity contribution in [1.82, 2.24) is 20.4 Å². The Bertz CT molecular complexity index is 266. The standard InChI is InChI=1S/C13H26N4O/c1-2-15-13(18)12-11-14-5-8-17(12)10-9-16-6-3-4-7-16/h12,14H,2-11H2,1H3,(H,15,18). The van der Waals surface area contributed by atoms with Gasteiger partial charge in [0, 0.05) is 39.3 Å². The maximum Gasteiger partial charge on any atom is 0.238 e. The van der Waals surface area contributed by atoms with Crippen molar-refractivity contribution in [3.63, 3.8) is 0 Å². The van der Waals surface area contributed by atoms with Crippen LogP contribution in [0.15, 0.2) is 0 Å². The number of likely N-dealkylation sites (N-methyl/N-ethyl adjacent to an activating group) is 1. The SMILES string of the molecule is CCNC(=O)C1CNCCN1CCN1CCCC1. The molecule has 2 heterocycles. The molecule has 18 heavy (non-hydrogen) atoms. The van der Waals surface area contributed by atoms with Gasteiger partial charge in [0.05, 0.1) is 0 Å². The lowest BCUT2D eigenvalue weighted by Gasteiger charge is -2.36. The van der Waals surface area contributed by atoms with Crippen LogP contribution in [0.4, 0.5) is 0 Å². The van der Waals surface area contributed by atoms with Crippen molar-refractivity contribution in [2.45, 2.75) is 25.8 Å². The van der Waals surface area contributed by atoms with E-state index in [1.54, 1.807) is 0 Å². The third kappa shape index (κ3) is 3.67. The Morgan fingerprint density at radius 1 is 1.28 bits per heavy atom.